The third kappa shape index (κ3) is 4.62. The number of carbonyl (C=O) groups is 2. The summed E-state index contributed by atoms with van der Waals surface area (Å²) >= 11 is 0. The molecule has 1 unspecified atom stereocenters. The first-order valence-corrected chi connectivity index (χ1v) is 9.51. The van der Waals surface area contributed by atoms with E-state index >= 15 is 0 Å². The Bertz CT molecular complexity index is 703. The number of rotatable bonds is 5. The number of fused-ring (bicyclic) bond motifs is 1. The summed E-state index contributed by atoms with van der Waals surface area (Å²) in [5.41, 5.74) is 0.700. The molecule has 1 aliphatic carbocycles. The second kappa shape index (κ2) is 8.31. The maximum atomic E-state index is 12.4. The Balaban J connectivity index is 1.56. The van der Waals surface area contributed by atoms with Crippen molar-refractivity contribution in [2.45, 2.75) is 50.5 Å². The monoisotopic (exact) mass is 374 g/mol. The number of hydrogen-bond acceptors (Lipinski definition) is 5. The summed E-state index contributed by atoms with van der Waals surface area (Å²) in [6.45, 7) is 0. The predicted octanol–water partition coefficient (Wildman–Crippen LogP) is 1.33. The predicted molar refractivity (Wildman–Crippen MR) is 102 cm³/mol. The minimum absolute atomic E-state index is 0.0222. The average Bonchev–Trinajstić information content (AvgIpc) is 2.62. The Morgan fingerprint density at radius 1 is 1.26 bits per heavy atom. The standard InChI is InChI=1S/C19H27BN2O5/c1-22(2)14-8-6-12(7-9-14)10-17(23)21-16-11-13-4-3-5-15(19(24)25)18(13)27-20(16)26/h3-5,12,14,16,26H,6-11H2,1-2H3,(H,21,23)(H,24,25). The summed E-state index contributed by atoms with van der Waals surface area (Å²) in [4.78, 5) is 26.0. The molecule has 0 saturated heterocycles. The van der Waals surface area contributed by atoms with Crippen LogP contribution in [-0.4, -0.2) is 60.1 Å². The number of benzene rings is 1. The van der Waals surface area contributed by atoms with E-state index < -0.39 is 19.0 Å². The van der Waals surface area contributed by atoms with Gasteiger partial charge in [0.05, 0.1) is 11.5 Å². The molecule has 1 saturated carbocycles. The normalized spacial score (nSPS) is 24.9. The second-order valence-electron chi connectivity index (χ2n) is 7.83. The Hall–Kier alpha value is -2.06. The van der Waals surface area contributed by atoms with Crippen LogP contribution in [0, 0.1) is 5.92 Å². The zero-order valence-electron chi connectivity index (χ0n) is 15.9. The zero-order valence-corrected chi connectivity index (χ0v) is 15.9. The lowest BCUT2D eigenvalue weighted by atomic mass is 9.72. The first kappa shape index (κ1) is 19.7. The minimum atomic E-state index is -1.26. The van der Waals surface area contributed by atoms with Gasteiger partial charge in [0.25, 0.3) is 0 Å². The summed E-state index contributed by atoms with van der Waals surface area (Å²) in [5, 5.41) is 22.3. The number of carbonyl (C=O) groups excluding carboxylic acids is 1. The smallest absolute Gasteiger partial charge is 0.534 e. The summed E-state index contributed by atoms with van der Waals surface area (Å²) in [7, 11) is 2.93. The van der Waals surface area contributed by atoms with Gasteiger partial charge in [-0.1, -0.05) is 12.1 Å². The van der Waals surface area contributed by atoms with Crippen LogP contribution in [0.25, 0.3) is 0 Å². The van der Waals surface area contributed by atoms with Crippen molar-refractivity contribution < 1.29 is 24.4 Å². The number of para-hydroxylation sites is 1. The molecule has 27 heavy (non-hydrogen) atoms. The third-order valence-corrected chi connectivity index (χ3v) is 5.72. The van der Waals surface area contributed by atoms with Gasteiger partial charge in [-0.3, -0.25) is 4.79 Å². The quantitative estimate of drug-likeness (QED) is 0.673. The number of nitrogens with zero attached hydrogens (tertiary/aromatic N) is 1. The summed E-state index contributed by atoms with van der Waals surface area (Å²) < 4.78 is 5.42. The molecule has 1 heterocycles. The number of nitrogens with one attached hydrogen (secondary N) is 1. The third-order valence-electron chi connectivity index (χ3n) is 5.72. The van der Waals surface area contributed by atoms with Gasteiger partial charge in [-0.2, -0.15) is 0 Å². The zero-order chi connectivity index (χ0) is 19.6. The van der Waals surface area contributed by atoms with Crippen molar-refractivity contribution in [2.24, 2.45) is 5.92 Å². The maximum absolute atomic E-state index is 12.4. The van der Waals surface area contributed by atoms with E-state index in [2.05, 4.69) is 24.3 Å². The molecule has 0 bridgehead atoms. The van der Waals surface area contributed by atoms with Crippen LogP contribution in [0.1, 0.15) is 48.0 Å². The number of carboxylic acids is 1. The van der Waals surface area contributed by atoms with E-state index in [0.717, 1.165) is 25.7 Å². The number of aromatic carboxylic acids is 1. The van der Waals surface area contributed by atoms with E-state index in [4.69, 9.17) is 4.65 Å². The van der Waals surface area contributed by atoms with Crippen LogP contribution in [-0.2, 0) is 11.2 Å². The fourth-order valence-corrected chi connectivity index (χ4v) is 4.11. The van der Waals surface area contributed by atoms with E-state index in [1.807, 2.05) is 0 Å². The highest BCUT2D eigenvalue weighted by molar-refractivity contribution is 6.47. The van der Waals surface area contributed by atoms with E-state index in [-0.39, 0.29) is 17.2 Å². The number of hydrogen-bond donors (Lipinski definition) is 3. The molecule has 0 radical (unpaired) electrons. The van der Waals surface area contributed by atoms with Crippen molar-refractivity contribution in [1.82, 2.24) is 10.2 Å². The van der Waals surface area contributed by atoms with Gasteiger partial charge in [0, 0.05) is 12.5 Å². The van der Waals surface area contributed by atoms with Gasteiger partial charge in [-0.05, 0) is 63.7 Å². The van der Waals surface area contributed by atoms with Gasteiger partial charge in [-0.15, -0.1) is 0 Å². The van der Waals surface area contributed by atoms with Gasteiger partial charge < -0.3 is 25.0 Å². The molecular formula is C19H27BN2O5. The molecule has 1 fully saturated rings. The first-order valence-electron chi connectivity index (χ1n) is 9.51. The van der Waals surface area contributed by atoms with Gasteiger partial charge in [-0.25, -0.2) is 4.79 Å². The van der Waals surface area contributed by atoms with E-state index in [0.29, 0.717) is 30.4 Å². The van der Waals surface area contributed by atoms with Gasteiger partial charge in [0.1, 0.15) is 5.75 Å². The fraction of sp³-hybridized carbons (Fsp3) is 0.579. The average molecular weight is 374 g/mol. The second-order valence-corrected chi connectivity index (χ2v) is 7.83. The van der Waals surface area contributed by atoms with Crippen LogP contribution in [0.4, 0.5) is 0 Å². The van der Waals surface area contributed by atoms with Gasteiger partial charge >= 0.3 is 13.1 Å². The highest BCUT2D eigenvalue weighted by atomic mass is 16.5. The van der Waals surface area contributed by atoms with Crippen molar-refractivity contribution in [3.8, 4) is 5.75 Å². The first-order chi connectivity index (χ1) is 12.8. The molecule has 1 amide bonds. The molecule has 146 valence electrons. The fourth-order valence-electron chi connectivity index (χ4n) is 4.11. The van der Waals surface area contributed by atoms with Crippen LogP contribution >= 0.6 is 0 Å². The van der Waals surface area contributed by atoms with Crippen LogP contribution in [0.5, 0.6) is 5.75 Å². The molecule has 0 spiro atoms. The SMILES string of the molecule is CN(C)C1CCC(CC(=O)NC2Cc3cccc(C(=O)O)c3OB2O)CC1. The number of carboxylic acid groups (broad SMARTS) is 1. The maximum Gasteiger partial charge on any atom is 0.547 e. The Morgan fingerprint density at radius 2 is 1.96 bits per heavy atom. The molecule has 1 aliphatic heterocycles. The molecule has 3 N–H and O–H groups in total. The Morgan fingerprint density at radius 3 is 2.59 bits per heavy atom. The number of amides is 1. The topological polar surface area (TPSA) is 99.1 Å². The molecule has 8 heteroatoms. The van der Waals surface area contributed by atoms with Crippen LogP contribution in [0.2, 0.25) is 0 Å². The highest BCUT2D eigenvalue weighted by Crippen LogP contribution is 2.31. The van der Waals surface area contributed by atoms with Crippen molar-refractivity contribution in [3.63, 3.8) is 0 Å². The largest absolute Gasteiger partial charge is 0.547 e. The van der Waals surface area contributed by atoms with Gasteiger partial charge in [0.2, 0.25) is 5.91 Å². The summed E-state index contributed by atoms with van der Waals surface area (Å²) in [6, 6.07) is 5.44. The molecule has 0 aromatic heterocycles. The minimum Gasteiger partial charge on any atom is -0.534 e. The Kier molecular flexibility index (Phi) is 6.06. The highest BCUT2D eigenvalue weighted by Gasteiger charge is 2.38. The lowest BCUT2D eigenvalue weighted by molar-refractivity contribution is -0.122. The molecule has 2 aliphatic rings. The van der Waals surface area contributed by atoms with Crippen molar-refractivity contribution in [1.29, 1.82) is 0 Å². The molecule has 1 atom stereocenters. The van der Waals surface area contributed by atoms with Crippen LogP contribution in [0.3, 0.4) is 0 Å². The van der Waals surface area contributed by atoms with Crippen LogP contribution in [0.15, 0.2) is 18.2 Å². The van der Waals surface area contributed by atoms with Crippen molar-refractivity contribution in [3.05, 3.63) is 29.3 Å². The lowest BCUT2D eigenvalue weighted by Crippen LogP contribution is -2.53. The molecule has 1 aromatic rings. The van der Waals surface area contributed by atoms with Gasteiger partial charge in [0.15, 0.2) is 0 Å². The van der Waals surface area contributed by atoms with E-state index in [1.54, 1.807) is 12.1 Å². The van der Waals surface area contributed by atoms with E-state index in [1.165, 1.54) is 6.07 Å². The summed E-state index contributed by atoms with van der Waals surface area (Å²) in [5.74, 6) is -1.21. The molecule has 7 nitrogen and oxygen atoms in total. The molecule has 3 rings (SSSR count). The molecule has 1 aromatic carbocycles. The van der Waals surface area contributed by atoms with E-state index in [9.17, 15) is 19.7 Å². The van der Waals surface area contributed by atoms with Crippen molar-refractivity contribution in [2.75, 3.05) is 14.1 Å². The molecular weight excluding hydrogens is 347 g/mol. The Labute approximate surface area is 159 Å². The lowest BCUT2D eigenvalue weighted by Gasteiger charge is -2.33. The summed E-state index contributed by atoms with van der Waals surface area (Å²) in [6.07, 6.45) is 5.06. The van der Waals surface area contributed by atoms with Crippen molar-refractivity contribution >= 4 is 19.0 Å². The van der Waals surface area contributed by atoms with Crippen LogP contribution < -0.4 is 9.97 Å².